The van der Waals surface area contributed by atoms with E-state index in [9.17, 15) is 4.79 Å². The highest BCUT2D eigenvalue weighted by atomic mass is 35.5. The zero-order valence-electron chi connectivity index (χ0n) is 11.2. The van der Waals surface area contributed by atoms with Crippen LogP contribution in [0.4, 0.5) is 0 Å². The molecule has 0 aliphatic rings. The van der Waals surface area contributed by atoms with Gasteiger partial charge in [0, 0.05) is 18.1 Å². The number of amides is 1. The Morgan fingerprint density at radius 3 is 2.67 bits per heavy atom. The van der Waals surface area contributed by atoms with Gasteiger partial charge < -0.3 is 10.6 Å². The van der Waals surface area contributed by atoms with Crippen LogP contribution in [0.15, 0.2) is 24.3 Å². The minimum Gasteiger partial charge on any atom is -0.354 e. The highest BCUT2D eigenvalue weighted by molar-refractivity contribution is 6.30. The van der Waals surface area contributed by atoms with E-state index >= 15 is 0 Å². The first-order chi connectivity index (χ1) is 8.49. The van der Waals surface area contributed by atoms with Gasteiger partial charge in [-0.15, -0.1) is 0 Å². The van der Waals surface area contributed by atoms with Gasteiger partial charge in [-0.2, -0.15) is 0 Å². The van der Waals surface area contributed by atoms with Crippen LogP contribution < -0.4 is 10.6 Å². The second-order valence-electron chi connectivity index (χ2n) is 4.87. The van der Waals surface area contributed by atoms with Crippen molar-refractivity contribution in [1.82, 2.24) is 10.6 Å². The van der Waals surface area contributed by atoms with Crippen LogP contribution in [-0.4, -0.2) is 18.5 Å². The van der Waals surface area contributed by atoms with Crippen LogP contribution in [0.25, 0.3) is 0 Å². The van der Waals surface area contributed by atoms with Crippen LogP contribution >= 0.6 is 11.6 Å². The molecule has 0 saturated carbocycles. The van der Waals surface area contributed by atoms with E-state index in [1.54, 1.807) is 0 Å². The summed E-state index contributed by atoms with van der Waals surface area (Å²) in [5, 5.41) is 6.80. The lowest BCUT2D eigenvalue weighted by atomic mass is 10.2. The molecule has 1 rings (SSSR count). The van der Waals surface area contributed by atoms with Gasteiger partial charge in [-0.25, -0.2) is 0 Å². The maximum atomic E-state index is 11.7. The van der Waals surface area contributed by atoms with Crippen molar-refractivity contribution < 1.29 is 4.79 Å². The molecule has 0 aliphatic carbocycles. The van der Waals surface area contributed by atoms with Gasteiger partial charge in [0.15, 0.2) is 0 Å². The van der Waals surface area contributed by atoms with E-state index in [1.807, 2.05) is 31.2 Å². The summed E-state index contributed by atoms with van der Waals surface area (Å²) in [5.74, 6) is 0.500. The summed E-state index contributed by atoms with van der Waals surface area (Å²) in [5.41, 5.74) is 1.08. The number of carbonyl (C=O) groups is 1. The highest BCUT2D eigenvalue weighted by Gasteiger charge is 2.11. The Hall–Kier alpha value is -1.06. The molecule has 0 fully saturated rings. The van der Waals surface area contributed by atoms with Crippen molar-refractivity contribution in [1.29, 1.82) is 0 Å². The van der Waals surface area contributed by atoms with Crippen molar-refractivity contribution in [3.05, 3.63) is 34.9 Å². The average Bonchev–Trinajstić information content (AvgIpc) is 2.33. The predicted molar refractivity (Wildman–Crippen MR) is 75.6 cm³/mol. The fraction of sp³-hybridized carbons (Fsp3) is 0.500. The molecule has 1 amide bonds. The Balaban J connectivity index is 2.36. The summed E-state index contributed by atoms with van der Waals surface area (Å²) < 4.78 is 0. The minimum absolute atomic E-state index is 0.0331. The van der Waals surface area contributed by atoms with Crippen LogP contribution in [0.3, 0.4) is 0 Å². The first kappa shape index (κ1) is 15.0. The Kier molecular flexibility index (Phi) is 6.16. The van der Waals surface area contributed by atoms with Crippen LogP contribution in [0.5, 0.6) is 0 Å². The molecule has 4 heteroatoms. The molecule has 3 nitrogen and oxygen atoms in total. The van der Waals surface area contributed by atoms with Gasteiger partial charge in [-0.3, -0.25) is 4.79 Å². The lowest BCUT2D eigenvalue weighted by molar-refractivity contribution is -0.122. The molecule has 0 heterocycles. The van der Waals surface area contributed by atoms with Crippen molar-refractivity contribution in [2.75, 3.05) is 6.54 Å². The van der Waals surface area contributed by atoms with Gasteiger partial charge in [-0.05, 0) is 30.5 Å². The maximum Gasteiger partial charge on any atom is 0.236 e. The molecule has 1 atom stereocenters. The van der Waals surface area contributed by atoms with Crippen molar-refractivity contribution >= 4 is 17.5 Å². The lowest BCUT2D eigenvalue weighted by Crippen LogP contribution is -2.42. The summed E-state index contributed by atoms with van der Waals surface area (Å²) in [4.78, 5) is 11.7. The number of carbonyl (C=O) groups excluding carboxylic acids is 1. The molecule has 0 aliphatic heterocycles. The Bertz CT molecular complexity index is 393. The smallest absolute Gasteiger partial charge is 0.236 e. The van der Waals surface area contributed by atoms with Gasteiger partial charge in [-0.1, -0.05) is 37.6 Å². The quantitative estimate of drug-likeness (QED) is 0.833. The van der Waals surface area contributed by atoms with Gasteiger partial charge in [0.2, 0.25) is 5.91 Å². The van der Waals surface area contributed by atoms with Crippen LogP contribution in [-0.2, 0) is 11.3 Å². The van der Waals surface area contributed by atoms with Crippen molar-refractivity contribution in [3.63, 3.8) is 0 Å². The fourth-order valence-corrected chi connectivity index (χ4v) is 1.68. The number of hydrogen-bond acceptors (Lipinski definition) is 2. The molecule has 18 heavy (non-hydrogen) atoms. The first-order valence-corrected chi connectivity index (χ1v) is 6.62. The van der Waals surface area contributed by atoms with E-state index in [1.165, 1.54) is 0 Å². The van der Waals surface area contributed by atoms with Crippen molar-refractivity contribution in [2.45, 2.75) is 33.4 Å². The Morgan fingerprint density at radius 2 is 2.06 bits per heavy atom. The van der Waals surface area contributed by atoms with Gasteiger partial charge in [0.1, 0.15) is 0 Å². The minimum atomic E-state index is -0.206. The molecule has 1 unspecified atom stereocenters. The topological polar surface area (TPSA) is 41.1 Å². The van der Waals surface area contributed by atoms with Crippen molar-refractivity contribution in [2.24, 2.45) is 5.92 Å². The van der Waals surface area contributed by atoms with E-state index < -0.39 is 0 Å². The Morgan fingerprint density at radius 1 is 1.33 bits per heavy atom. The fourth-order valence-electron chi connectivity index (χ4n) is 1.47. The summed E-state index contributed by atoms with van der Waals surface area (Å²) >= 11 is 5.90. The molecule has 0 radical (unpaired) electrons. The van der Waals surface area contributed by atoms with E-state index in [0.717, 1.165) is 5.56 Å². The number of hydrogen-bond donors (Lipinski definition) is 2. The molecule has 100 valence electrons. The van der Waals surface area contributed by atoms with Gasteiger partial charge >= 0.3 is 0 Å². The van der Waals surface area contributed by atoms with E-state index in [4.69, 9.17) is 11.6 Å². The van der Waals surface area contributed by atoms with Crippen LogP contribution in [0.1, 0.15) is 26.3 Å². The van der Waals surface area contributed by atoms with Crippen LogP contribution in [0, 0.1) is 5.92 Å². The Labute approximate surface area is 114 Å². The number of halogens is 1. The zero-order chi connectivity index (χ0) is 13.5. The normalized spacial score (nSPS) is 12.5. The number of rotatable bonds is 6. The first-order valence-electron chi connectivity index (χ1n) is 6.24. The van der Waals surface area contributed by atoms with Gasteiger partial charge in [0.05, 0.1) is 6.04 Å². The monoisotopic (exact) mass is 268 g/mol. The summed E-state index contributed by atoms with van der Waals surface area (Å²) in [7, 11) is 0. The summed E-state index contributed by atoms with van der Waals surface area (Å²) in [6.07, 6.45) is 0. The van der Waals surface area contributed by atoms with Crippen LogP contribution in [0.2, 0.25) is 5.02 Å². The van der Waals surface area contributed by atoms with Crippen molar-refractivity contribution in [3.8, 4) is 0 Å². The molecule has 0 saturated heterocycles. The zero-order valence-corrected chi connectivity index (χ0v) is 11.9. The highest BCUT2D eigenvalue weighted by Crippen LogP contribution is 2.10. The summed E-state index contributed by atoms with van der Waals surface area (Å²) in [6.45, 7) is 7.35. The molecule has 0 aromatic heterocycles. The molecule has 2 N–H and O–H groups in total. The van der Waals surface area contributed by atoms with Gasteiger partial charge in [0.25, 0.3) is 0 Å². The van der Waals surface area contributed by atoms with E-state index in [-0.39, 0.29) is 11.9 Å². The predicted octanol–water partition coefficient (Wildman–Crippen LogP) is 2.59. The average molecular weight is 269 g/mol. The third-order valence-electron chi connectivity index (χ3n) is 2.58. The summed E-state index contributed by atoms with van der Waals surface area (Å²) in [6, 6.07) is 7.42. The lowest BCUT2D eigenvalue weighted by Gasteiger charge is -2.15. The molecule has 1 aromatic carbocycles. The SMILES string of the molecule is CC(C)CNC(=O)C(C)NCc1cccc(Cl)c1. The van der Waals surface area contributed by atoms with E-state index in [2.05, 4.69) is 24.5 Å². The second-order valence-corrected chi connectivity index (χ2v) is 5.31. The molecule has 1 aromatic rings. The molecular formula is C14H21ClN2O. The number of benzene rings is 1. The standard InChI is InChI=1S/C14H21ClN2O/c1-10(2)8-17-14(18)11(3)16-9-12-5-4-6-13(15)7-12/h4-7,10-11,16H,8-9H2,1-3H3,(H,17,18). The molecule has 0 spiro atoms. The number of nitrogens with one attached hydrogen (secondary N) is 2. The molecular weight excluding hydrogens is 248 g/mol. The molecule has 0 bridgehead atoms. The van der Waals surface area contributed by atoms with E-state index in [0.29, 0.717) is 24.0 Å². The maximum absolute atomic E-state index is 11.7. The third-order valence-corrected chi connectivity index (χ3v) is 2.81. The second kappa shape index (κ2) is 7.39. The largest absolute Gasteiger partial charge is 0.354 e. The third kappa shape index (κ3) is 5.52.